The van der Waals surface area contributed by atoms with Crippen LogP contribution in [-0.2, 0) is 6.61 Å². The van der Waals surface area contributed by atoms with Gasteiger partial charge in [0, 0.05) is 10.0 Å². The van der Waals surface area contributed by atoms with Gasteiger partial charge in [-0.15, -0.1) is 0 Å². The van der Waals surface area contributed by atoms with Crippen molar-refractivity contribution in [1.82, 2.24) is 4.98 Å². The Kier molecular flexibility index (Phi) is 6.40. The number of fused-ring (bicyclic) bond motifs is 1. The Morgan fingerprint density at radius 1 is 1.16 bits per heavy atom. The minimum Gasteiger partial charge on any atom is -0.487 e. The molecule has 0 aliphatic carbocycles. The number of halogens is 2. The molecule has 0 radical (unpaired) electrons. The first-order chi connectivity index (χ1) is 15.4. The lowest BCUT2D eigenvalue weighted by molar-refractivity contribution is 0.0697. The molecule has 158 valence electrons. The molecule has 4 aromatic rings. The largest absolute Gasteiger partial charge is 0.487 e. The van der Waals surface area contributed by atoms with E-state index in [9.17, 15) is 10.1 Å². The topological polar surface area (TPSA) is 96.3 Å². The summed E-state index contributed by atoms with van der Waals surface area (Å²) in [5.74, 6) is -0.233. The van der Waals surface area contributed by atoms with E-state index >= 15 is 0 Å². The summed E-state index contributed by atoms with van der Waals surface area (Å²) in [6.45, 7) is 0.214. The fourth-order valence-electron chi connectivity index (χ4n) is 3.02. The lowest BCUT2D eigenvalue weighted by Crippen LogP contribution is -2.00. The average molecular weight is 554 g/mol. The number of nitrogens with zero attached hydrogens (tertiary/aromatic N) is 2. The van der Waals surface area contributed by atoms with Crippen LogP contribution in [0.3, 0.4) is 0 Å². The third-order valence-corrected chi connectivity index (χ3v) is 5.61. The minimum absolute atomic E-state index is 0.208. The summed E-state index contributed by atoms with van der Waals surface area (Å²) in [5, 5.41) is 18.8. The van der Waals surface area contributed by atoms with Crippen LogP contribution in [0, 0.1) is 11.3 Å². The standard InChI is InChI=1S/C24H14Br2N2O4/c25-18-10-16(9-17(12-27)23-28-20-3-1-2-4-21(20)32-23)22(19(26)11-18)31-13-14-5-7-15(8-6-14)24(29)30/h1-11H,13H2,(H,29,30)/b17-9+. The molecular weight excluding hydrogens is 540 g/mol. The number of oxazole rings is 1. The van der Waals surface area contributed by atoms with Crippen LogP contribution in [-0.4, -0.2) is 16.1 Å². The second-order valence-corrected chi connectivity index (χ2v) is 8.52. The number of nitriles is 1. The van der Waals surface area contributed by atoms with Gasteiger partial charge in [-0.3, -0.25) is 0 Å². The van der Waals surface area contributed by atoms with Gasteiger partial charge in [0.2, 0.25) is 5.89 Å². The monoisotopic (exact) mass is 552 g/mol. The maximum Gasteiger partial charge on any atom is 0.335 e. The molecule has 4 rings (SSSR count). The van der Waals surface area contributed by atoms with E-state index < -0.39 is 5.97 Å². The normalized spacial score (nSPS) is 11.3. The molecule has 1 N–H and O–H groups in total. The fourth-order valence-corrected chi connectivity index (χ4v) is 4.40. The van der Waals surface area contributed by atoms with Crippen molar-refractivity contribution >= 4 is 60.6 Å². The van der Waals surface area contributed by atoms with E-state index in [-0.39, 0.29) is 23.6 Å². The minimum atomic E-state index is -0.983. The van der Waals surface area contributed by atoms with Crippen LogP contribution in [0.2, 0.25) is 0 Å². The van der Waals surface area contributed by atoms with Crippen LogP contribution in [0.15, 0.2) is 74.0 Å². The number of hydrogen-bond acceptors (Lipinski definition) is 5. The van der Waals surface area contributed by atoms with Gasteiger partial charge in [0.05, 0.1) is 10.0 Å². The molecule has 0 aliphatic rings. The van der Waals surface area contributed by atoms with Crippen LogP contribution < -0.4 is 4.74 Å². The number of ether oxygens (including phenoxy) is 1. The summed E-state index contributed by atoms with van der Waals surface area (Å²) in [4.78, 5) is 15.4. The zero-order valence-corrected chi connectivity index (χ0v) is 19.6. The Bertz CT molecular complexity index is 1350. The van der Waals surface area contributed by atoms with Crippen LogP contribution >= 0.6 is 31.9 Å². The fraction of sp³-hybridized carbons (Fsp3) is 0.0417. The number of allylic oxidation sites excluding steroid dienone is 1. The summed E-state index contributed by atoms with van der Waals surface area (Å²) >= 11 is 6.98. The molecule has 0 aliphatic heterocycles. The highest BCUT2D eigenvalue weighted by molar-refractivity contribution is 9.11. The van der Waals surface area contributed by atoms with Crippen molar-refractivity contribution < 1.29 is 19.1 Å². The van der Waals surface area contributed by atoms with Crippen molar-refractivity contribution in [2.75, 3.05) is 0 Å². The van der Waals surface area contributed by atoms with Crippen LogP contribution in [0.5, 0.6) is 5.75 Å². The summed E-state index contributed by atoms with van der Waals surface area (Å²) in [7, 11) is 0. The molecular formula is C24H14Br2N2O4. The summed E-state index contributed by atoms with van der Waals surface area (Å²) in [5.41, 5.74) is 3.17. The van der Waals surface area contributed by atoms with E-state index in [2.05, 4.69) is 42.9 Å². The number of carbonyl (C=O) groups is 1. The number of hydrogen-bond donors (Lipinski definition) is 1. The van der Waals surface area contributed by atoms with Gasteiger partial charge in [-0.2, -0.15) is 5.26 Å². The van der Waals surface area contributed by atoms with Crippen molar-refractivity contribution in [2.45, 2.75) is 6.61 Å². The van der Waals surface area contributed by atoms with Gasteiger partial charge in [-0.25, -0.2) is 9.78 Å². The van der Waals surface area contributed by atoms with Crippen molar-refractivity contribution in [2.24, 2.45) is 0 Å². The molecule has 1 heterocycles. The van der Waals surface area contributed by atoms with Gasteiger partial charge < -0.3 is 14.3 Å². The Labute approximate surface area is 200 Å². The molecule has 1 aromatic heterocycles. The first-order valence-corrected chi connectivity index (χ1v) is 10.9. The number of benzene rings is 3. The molecule has 32 heavy (non-hydrogen) atoms. The summed E-state index contributed by atoms with van der Waals surface area (Å²) in [6.07, 6.45) is 1.66. The first-order valence-electron chi connectivity index (χ1n) is 9.36. The van der Waals surface area contributed by atoms with E-state index in [1.54, 1.807) is 24.3 Å². The Morgan fingerprint density at radius 3 is 2.59 bits per heavy atom. The number of aromatic carboxylic acids is 1. The molecule has 0 atom stereocenters. The van der Waals surface area contributed by atoms with Crippen LogP contribution in [0.4, 0.5) is 0 Å². The number of carboxylic acids is 1. The van der Waals surface area contributed by atoms with E-state index in [4.69, 9.17) is 14.3 Å². The molecule has 3 aromatic carbocycles. The zero-order valence-electron chi connectivity index (χ0n) is 16.4. The van der Waals surface area contributed by atoms with E-state index in [1.807, 2.05) is 30.3 Å². The predicted octanol–water partition coefficient (Wildman–Crippen LogP) is 6.69. The lowest BCUT2D eigenvalue weighted by Gasteiger charge is -2.13. The summed E-state index contributed by atoms with van der Waals surface area (Å²) in [6, 6.07) is 19.6. The number of carboxylic acid groups (broad SMARTS) is 1. The van der Waals surface area contributed by atoms with Crippen molar-refractivity contribution in [3.63, 3.8) is 0 Å². The molecule has 0 amide bonds. The Balaban J connectivity index is 1.67. The van der Waals surface area contributed by atoms with E-state index in [0.717, 1.165) is 10.0 Å². The highest BCUT2D eigenvalue weighted by Gasteiger charge is 2.15. The van der Waals surface area contributed by atoms with Crippen molar-refractivity contribution in [1.29, 1.82) is 5.26 Å². The van der Waals surface area contributed by atoms with Gasteiger partial charge in [0.25, 0.3) is 0 Å². The highest BCUT2D eigenvalue weighted by Crippen LogP contribution is 2.36. The van der Waals surface area contributed by atoms with Gasteiger partial charge in [-0.1, -0.05) is 40.2 Å². The van der Waals surface area contributed by atoms with E-state index in [0.29, 0.717) is 26.9 Å². The third-order valence-electron chi connectivity index (χ3n) is 4.57. The second-order valence-electron chi connectivity index (χ2n) is 6.75. The van der Waals surface area contributed by atoms with Crippen molar-refractivity contribution in [3.05, 3.63) is 92.2 Å². The number of rotatable bonds is 6. The molecule has 0 saturated heterocycles. The van der Waals surface area contributed by atoms with E-state index in [1.165, 1.54) is 12.1 Å². The van der Waals surface area contributed by atoms with Crippen molar-refractivity contribution in [3.8, 4) is 11.8 Å². The molecule has 0 bridgehead atoms. The molecule has 0 saturated carbocycles. The Morgan fingerprint density at radius 2 is 1.91 bits per heavy atom. The number of aromatic nitrogens is 1. The maximum absolute atomic E-state index is 11.0. The smallest absolute Gasteiger partial charge is 0.335 e. The zero-order chi connectivity index (χ0) is 22.7. The third kappa shape index (κ3) is 4.74. The lowest BCUT2D eigenvalue weighted by atomic mass is 10.1. The maximum atomic E-state index is 11.0. The molecule has 6 nitrogen and oxygen atoms in total. The van der Waals surface area contributed by atoms with Gasteiger partial charge in [-0.05, 0) is 64.0 Å². The molecule has 0 spiro atoms. The Hall–Kier alpha value is -3.41. The molecule has 0 unspecified atom stereocenters. The average Bonchev–Trinajstić information content (AvgIpc) is 3.21. The second kappa shape index (κ2) is 9.39. The first kappa shape index (κ1) is 21.8. The van der Waals surface area contributed by atoms with Gasteiger partial charge in [0.1, 0.15) is 29.5 Å². The summed E-state index contributed by atoms with van der Waals surface area (Å²) < 4.78 is 13.3. The molecule has 0 fully saturated rings. The predicted molar refractivity (Wildman–Crippen MR) is 127 cm³/mol. The van der Waals surface area contributed by atoms with Gasteiger partial charge in [0.15, 0.2) is 5.58 Å². The van der Waals surface area contributed by atoms with Gasteiger partial charge >= 0.3 is 5.97 Å². The highest BCUT2D eigenvalue weighted by atomic mass is 79.9. The molecule has 8 heteroatoms. The van der Waals surface area contributed by atoms with Crippen LogP contribution in [0.1, 0.15) is 27.4 Å². The quantitative estimate of drug-likeness (QED) is 0.267. The number of para-hydroxylation sites is 2. The SMILES string of the molecule is N#C/C(=C\c1cc(Br)cc(Br)c1OCc1ccc(C(=O)O)cc1)c1nc2ccccc2o1. The van der Waals surface area contributed by atoms with Crippen LogP contribution in [0.25, 0.3) is 22.7 Å².